The van der Waals surface area contributed by atoms with E-state index < -0.39 is 6.10 Å². The minimum atomic E-state index is -0.821. The summed E-state index contributed by atoms with van der Waals surface area (Å²) in [6.07, 6.45) is 60.8. The molecule has 0 aromatic rings. The van der Waals surface area contributed by atoms with E-state index in [4.69, 9.17) is 14.2 Å². The van der Waals surface area contributed by atoms with Gasteiger partial charge in [-0.25, -0.2) is 0 Å². The summed E-state index contributed by atoms with van der Waals surface area (Å²) in [5, 5.41) is 0. The van der Waals surface area contributed by atoms with Crippen LogP contribution in [0, 0.1) is 0 Å². The molecule has 0 aliphatic carbocycles. The molecule has 0 aromatic carbocycles. The van der Waals surface area contributed by atoms with Crippen LogP contribution in [0.2, 0.25) is 0 Å². The fourth-order valence-corrected chi connectivity index (χ4v) is 5.65. The molecule has 0 spiro atoms. The Balaban J connectivity index is 4.56. The van der Waals surface area contributed by atoms with Crippen molar-refractivity contribution in [2.45, 2.75) is 187 Å². The average molecular weight is 803 g/mol. The summed E-state index contributed by atoms with van der Waals surface area (Å²) in [6.45, 7) is 6.23. The van der Waals surface area contributed by atoms with Crippen molar-refractivity contribution < 1.29 is 28.6 Å². The van der Waals surface area contributed by atoms with Crippen molar-refractivity contribution in [3.63, 3.8) is 0 Å². The standard InChI is InChI=1S/C52H82O6/c1-4-7-10-13-16-19-22-24-25-26-28-30-33-36-39-42-45-51(54)57-48-49(47-56-50(53)44-41-38-35-32-29-21-18-15-12-9-6-3)58-52(55)46-43-40-37-34-31-27-23-20-17-14-11-8-5-2/h7-8,10-11,14-20,23-25,28,30,36,39,49H,4-6,9,12-13,21-22,26-27,29,31-35,37-38,40-48H2,1-3H3/b10-7-,11-8-,17-14-,18-15-,19-16-,23-20-,25-24-,30-28-,39-36-. The topological polar surface area (TPSA) is 78.9 Å². The van der Waals surface area contributed by atoms with E-state index >= 15 is 0 Å². The molecule has 58 heavy (non-hydrogen) atoms. The fourth-order valence-electron chi connectivity index (χ4n) is 5.65. The molecule has 0 bridgehead atoms. The van der Waals surface area contributed by atoms with Crippen LogP contribution >= 0.6 is 0 Å². The molecule has 6 nitrogen and oxygen atoms in total. The molecule has 0 aromatic heterocycles. The van der Waals surface area contributed by atoms with Crippen molar-refractivity contribution in [2.24, 2.45) is 0 Å². The second-order valence-corrected chi connectivity index (χ2v) is 14.6. The largest absolute Gasteiger partial charge is 0.462 e. The number of esters is 3. The van der Waals surface area contributed by atoms with E-state index in [1.807, 2.05) is 18.2 Å². The highest BCUT2D eigenvalue weighted by Crippen LogP contribution is 2.12. The van der Waals surface area contributed by atoms with Gasteiger partial charge in [-0.3, -0.25) is 14.4 Å². The lowest BCUT2D eigenvalue weighted by molar-refractivity contribution is -0.166. The van der Waals surface area contributed by atoms with E-state index in [0.717, 1.165) is 109 Å². The molecule has 1 unspecified atom stereocenters. The van der Waals surface area contributed by atoms with Crippen LogP contribution in [-0.4, -0.2) is 37.2 Å². The third-order valence-corrected chi connectivity index (χ3v) is 9.07. The summed E-state index contributed by atoms with van der Waals surface area (Å²) in [5.74, 6) is -1.05. The zero-order chi connectivity index (χ0) is 42.3. The molecule has 0 aliphatic heterocycles. The Morgan fingerprint density at radius 2 is 0.793 bits per heavy atom. The molecule has 0 heterocycles. The molecule has 0 saturated heterocycles. The quantitative estimate of drug-likeness (QED) is 0.0202. The van der Waals surface area contributed by atoms with Crippen LogP contribution in [0.1, 0.15) is 181 Å². The van der Waals surface area contributed by atoms with Gasteiger partial charge in [0.25, 0.3) is 0 Å². The molecule has 0 N–H and O–H groups in total. The number of hydrogen-bond acceptors (Lipinski definition) is 6. The molecule has 0 amide bonds. The number of hydrogen-bond donors (Lipinski definition) is 0. The van der Waals surface area contributed by atoms with Gasteiger partial charge in [-0.15, -0.1) is 0 Å². The van der Waals surface area contributed by atoms with Crippen molar-refractivity contribution >= 4 is 17.9 Å². The second-order valence-electron chi connectivity index (χ2n) is 14.6. The van der Waals surface area contributed by atoms with Gasteiger partial charge in [0, 0.05) is 19.3 Å². The average Bonchev–Trinajstić information content (AvgIpc) is 3.22. The minimum absolute atomic E-state index is 0.116. The lowest BCUT2D eigenvalue weighted by Crippen LogP contribution is -2.30. The van der Waals surface area contributed by atoms with Gasteiger partial charge in [0.1, 0.15) is 13.2 Å². The van der Waals surface area contributed by atoms with Gasteiger partial charge in [0.15, 0.2) is 6.10 Å². The highest BCUT2D eigenvalue weighted by molar-refractivity contribution is 5.71. The van der Waals surface area contributed by atoms with Crippen molar-refractivity contribution in [1.82, 2.24) is 0 Å². The van der Waals surface area contributed by atoms with E-state index in [9.17, 15) is 14.4 Å². The highest BCUT2D eigenvalue weighted by Gasteiger charge is 2.19. The number of allylic oxidation sites excluding steroid dienone is 18. The van der Waals surface area contributed by atoms with Gasteiger partial charge >= 0.3 is 17.9 Å². The molecule has 6 heteroatoms. The summed E-state index contributed by atoms with van der Waals surface area (Å²) in [5.41, 5.74) is 0. The predicted octanol–water partition coefficient (Wildman–Crippen LogP) is 14.8. The monoisotopic (exact) mass is 803 g/mol. The molecular weight excluding hydrogens is 721 g/mol. The molecule has 0 rings (SSSR count). The van der Waals surface area contributed by atoms with Crippen LogP contribution in [-0.2, 0) is 28.6 Å². The SMILES string of the molecule is CC\C=C/C=C\C=C/CCCCCCCC(=O)OC(COC(=O)CC/C=C\C/C=C\C/C=C\C/C=C\C/C=C\CC)COC(=O)CCCCCCC/C=C\CCCC. The first-order valence-electron chi connectivity index (χ1n) is 22.9. The van der Waals surface area contributed by atoms with E-state index in [-0.39, 0.29) is 44.0 Å². The maximum Gasteiger partial charge on any atom is 0.306 e. The zero-order valence-electron chi connectivity index (χ0n) is 37.0. The number of carbonyl (C=O) groups is 3. The predicted molar refractivity (Wildman–Crippen MR) is 247 cm³/mol. The Kier molecular flexibility index (Phi) is 42.7. The summed E-state index contributed by atoms with van der Waals surface area (Å²) >= 11 is 0. The lowest BCUT2D eigenvalue weighted by Gasteiger charge is -2.18. The summed E-state index contributed by atoms with van der Waals surface area (Å²) in [4.78, 5) is 37.7. The van der Waals surface area contributed by atoms with Gasteiger partial charge in [-0.05, 0) is 89.9 Å². The summed E-state index contributed by atoms with van der Waals surface area (Å²) in [6, 6.07) is 0. The van der Waals surface area contributed by atoms with E-state index in [1.54, 1.807) is 0 Å². The van der Waals surface area contributed by atoms with Crippen molar-refractivity contribution in [3.05, 3.63) is 109 Å². The fraction of sp³-hybridized carbons (Fsp3) is 0.596. The maximum atomic E-state index is 12.7. The van der Waals surface area contributed by atoms with Gasteiger partial charge in [0.05, 0.1) is 0 Å². The van der Waals surface area contributed by atoms with Gasteiger partial charge in [-0.2, -0.15) is 0 Å². The molecular formula is C52H82O6. The summed E-state index contributed by atoms with van der Waals surface area (Å²) in [7, 11) is 0. The Hall–Kier alpha value is -3.93. The second kappa shape index (κ2) is 45.8. The number of unbranched alkanes of at least 4 members (excludes halogenated alkanes) is 12. The van der Waals surface area contributed by atoms with Crippen LogP contribution < -0.4 is 0 Å². The number of rotatable bonds is 39. The number of carbonyl (C=O) groups excluding carboxylic acids is 3. The Labute approximate surface area is 355 Å². The maximum absolute atomic E-state index is 12.7. The molecule has 0 fully saturated rings. The zero-order valence-corrected chi connectivity index (χ0v) is 37.0. The molecule has 1 atom stereocenters. The van der Waals surface area contributed by atoms with Crippen molar-refractivity contribution in [1.29, 1.82) is 0 Å². The van der Waals surface area contributed by atoms with Gasteiger partial charge in [-0.1, -0.05) is 182 Å². The van der Waals surface area contributed by atoms with Crippen molar-refractivity contribution in [3.8, 4) is 0 Å². The Morgan fingerprint density at radius 1 is 0.379 bits per heavy atom. The van der Waals surface area contributed by atoms with E-state index in [2.05, 4.69) is 112 Å². The Bertz CT molecular complexity index is 1240. The third-order valence-electron chi connectivity index (χ3n) is 9.07. The van der Waals surface area contributed by atoms with E-state index in [0.29, 0.717) is 12.8 Å². The van der Waals surface area contributed by atoms with Crippen LogP contribution in [0.5, 0.6) is 0 Å². The summed E-state index contributed by atoms with van der Waals surface area (Å²) < 4.78 is 16.6. The molecule has 0 radical (unpaired) electrons. The smallest absolute Gasteiger partial charge is 0.306 e. The normalized spacial score (nSPS) is 13.1. The van der Waals surface area contributed by atoms with Crippen LogP contribution in [0.4, 0.5) is 0 Å². The molecule has 0 aliphatic rings. The molecule has 326 valence electrons. The first-order valence-corrected chi connectivity index (χ1v) is 22.9. The van der Waals surface area contributed by atoms with Gasteiger partial charge < -0.3 is 14.2 Å². The third kappa shape index (κ3) is 43.2. The lowest BCUT2D eigenvalue weighted by atomic mass is 10.1. The van der Waals surface area contributed by atoms with Crippen molar-refractivity contribution in [2.75, 3.05) is 13.2 Å². The van der Waals surface area contributed by atoms with Crippen LogP contribution in [0.3, 0.4) is 0 Å². The first-order chi connectivity index (χ1) is 28.5. The first kappa shape index (κ1) is 54.1. The van der Waals surface area contributed by atoms with Gasteiger partial charge in [0.2, 0.25) is 0 Å². The number of ether oxygens (including phenoxy) is 3. The van der Waals surface area contributed by atoms with Crippen LogP contribution in [0.15, 0.2) is 109 Å². The van der Waals surface area contributed by atoms with Crippen LogP contribution in [0.25, 0.3) is 0 Å². The molecule has 0 saturated carbocycles. The Morgan fingerprint density at radius 3 is 1.34 bits per heavy atom. The minimum Gasteiger partial charge on any atom is -0.462 e. The van der Waals surface area contributed by atoms with E-state index in [1.165, 1.54) is 25.7 Å². The highest BCUT2D eigenvalue weighted by atomic mass is 16.6.